The molecule has 3 amide bonds. The molecule has 5 rings (SSSR count). The Morgan fingerprint density at radius 2 is 1.55 bits per heavy atom. The summed E-state index contributed by atoms with van der Waals surface area (Å²) in [6.45, 7) is 8.59. The minimum absolute atomic E-state index is 0.0178. The number of alkyl carbamates (subject to hydrolysis) is 1. The summed E-state index contributed by atoms with van der Waals surface area (Å²) >= 11 is 0. The second kappa shape index (κ2) is 19.1. The number of amides is 3. The number of carboxylic acids is 1. The van der Waals surface area contributed by atoms with Gasteiger partial charge < -0.3 is 50.6 Å². The van der Waals surface area contributed by atoms with Crippen molar-refractivity contribution in [3.8, 4) is 0 Å². The molecule has 0 bridgehead atoms. The van der Waals surface area contributed by atoms with E-state index < -0.39 is 59.0 Å². The first-order valence-electron chi connectivity index (χ1n) is 18.9. The van der Waals surface area contributed by atoms with E-state index in [-0.39, 0.29) is 49.1 Å². The Labute approximate surface area is 334 Å². The number of aryl methyl sites for hydroxylation is 1. The van der Waals surface area contributed by atoms with Crippen LogP contribution in [-0.2, 0) is 34.0 Å². The first-order chi connectivity index (χ1) is 27.7. The maximum Gasteiger partial charge on any atom is 0.410 e. The molecule has 1 aliphatic rings. The first-order valence-corrected chi connectivity index (χ1v) is 18.9. The SMILES string of the molecule is CCn1cc(C(=O)O)c(=O)c2cc(F)c(N3CCN(C(=O)OCc4ccc(NC(=O)C(C)C(N)NC(=N)[C@@H](NC(=O)OCc5ccccc5)C(C)C)cc4)CC3)cc21. The Bertz CT molecular complexity index is 2190. The molecule has 1 aromatic heterocycles. The van der Waals surface area contributed by atoms with Gasteiger partial charge in [-0.3, -0.25) is 15.0 Å². The Hall–Kier alpha value is -6.49. The zero-order valence-corrected chi connectivity index (χ0v) is 32.8. The number of aromatic carboxylic acids is 1. The van der Waals surface area contributed by atoms with Crippen LogP contribution < -0.4 is 32.0 Å². The summed E-state index contributed by atoms with van der Waals surface area (Å²) in [5.74, 6) is -3.47. The highest BCUT2D eigenvalue weighted by Crippen LogP contribution is 2.27. The number of hydrogen-bond acceptors (Lipinski definition) is 10. The molecule has 308 valence electrons. The van der Waals surface area contributed by atoms with Crippen LogP contribution in [0.4, 0.5) is 25.4 Å². The third kappa shape index (κ3) is 10.5. The fourth-order valence-electron chi connectivity index (χ4n) is 6.38. The predicted molar refractivity (Wildman–Crippen MR) is 216 cm³/mol. The van der Waals surface area contributed by atoms with Crippen LogP contribution in [0.3, 0.4) is 0 Å². The molecular formula is C41H49FN8O8. The molecule has 3 aromatic carbocycles. The van der Waals surface area contributed by atoms with Gasteiger partial charge in [0.25, 0.3) is 0 Å². The number of ether oxygens (including phenoxy) is 2. The van der Waals surface area contributed by atoms with E-state index in [0.29, 0.717) is 36.4 Å². The van der Waals surface area contributed by atoms with E-state index in [4.69, 9.17) is 20.6 Å². The van der Waals surface area contributed by atoms with Crippen LogP contribution in [0, 0.1) is 23.1 Å². The van der Waals surface area contributed by atoms with E-state index in [2.05, 4.69) is 16.0 Å². The van der Waals surface area contributed by atoms with E-state index in [1.807, 2.05) is 44.2 Å². The number of aromatic nitrogens is 1. The molecule has 0 aliphatic carbocycles. The number of carboxylic acid groups (broad SMARTS) is 1. The van der Waals surface area contributed by atoms with Crippen molar-refractivity contribution in [1.82, 2.24) is 20.1 Å². The van der Waals surface area contributed by atoms with Gasteiger partial charge in [-0.05, 0) is 48.2 Å². The van der Waals surface area contributed by atoms with Crippen LogP contribution in [0.15, 0.2) is 77.7 Å². The zero-order chi connectivity index (χ0) is 42.1. The molecule has 3 atom stereocenters. The van der Waals surface area contributed by atoms with Gasteiger partial charge in [0.15, 0.2) is 0 Å². The number of hydrogen-bond donors (Lipinski definition) is 6. The monoisotopic (exact) mass is 800 g/mol. The molecule has 2 heterocycles. The van der Waals surface area contributed by atoms with Crippen molar-refractivity contribution in [2.45, 2.75) is 59.7 Å². The van der Waals surface area contributed by atoms with Gasteiger partial charge in [-0.1, -0.05) is 63.2 Å². The van der Waals surface area contributed by atoms with Crippen molar-refractivity contribution in [2.75, 3.05) is 36.4 Å². The van der Waals surface area contributed by atoms with Crippen LogP contribution in [0.5, 0.6) is 0 Å². The number of halogens is 1. The fourth-order valence-corrected chi connectivity index (χ4v) is 6.38. The number of piperazine rings is 1. The zero-order valence-electron chi connectivity index (χ0n) is 32.8. The normalized spacial score (nSPS) is 14.3. The summed E-state index contributed by atoms with van der Waals surface area (Å²) in [5, 5.41) is 26.3. The maximum atomic E-state index is 15.3. The standard InChI is InChI=1S/C41H49FN8O8/c1-5-48-21-30(39(53)54)35(51)29-19-31(42)33(20-32(29)48)49-15-17-50(18-16-49)41(56)58-23-27-11-13-28(14-12-27)45-38(52)25(4)36(43)47-37(44)34(24(2)3)46-40(55)57-22-26-9-7-6-8-10-26/h6-14,19-21,24-25,34,36H,5,15-18,22-23,43H2,1-4H3,(H2,44,47)(H,45,52)(H,46,55)(H,53,54)/t25?,34-,36?/m0/s1. The quantitative estimate of drug-likeness (QED) is 0.0583. The number of nitrogens with zero attached hydrogens (tertiary/aromatic N) is 3. The number of nitrogens with two attached hydrogens (primary N) is 1. The Kier molecular flexibility index (Phi) is 14.0. The second-order valence-electron chi connectivity index (χ2n) is 14.3. The fraction of sp³-hybridized carbons (Fsp3) is 0.366. The van der Waals surface area contributed by atoms with Gasteiger partial charge in [0.05, 0.1) is 29.3 Å². The molecule has 1 aliphatic heterocycles. The summed E-state index contributed by atoms with van der Waals surface area (Å²) in [6, 6.07) is 17.8. The highest BCUT2D eigenvalue weighted by Gasteiger charge is 2.28. The van der Waals surface area contributed by atoms with Crippen LogP contribution >= 0.6 is 0 Å². The Morgan fingerprint density at radius 1 is 0.914 bits per heavy atom. The molecule has 2 unspecified atom stereocenters. The summed E-state index contributed by atoms with van der Waals surface area (Å²) in [5.41, 5.74) is 7.72. The summed E-state index contributed by atoms with van der Waals surface area (Å²) in [6.07, 6.45) is -0.917. The topological polar surface area (TPSA) is 221 Å². The van der Waals surface area contributed by atoms with Crippen LogP contribution in [-0.4, -0.2) is 82.9 Å². The molecule has 58 heavy (non-hydrogen) atoms. The van der Waals surface area contributed by atoms with Crippen molar-refractivity contribution < 1.29 is 38.1 Å². The van der Waals surface area contributed by atoms with E-state index in [0.717, 1.165) is 11.6 Å². The molecule has 0 radical (unpaired) electrons. The van der Waals surface area contributed by atoms with E-state index in [1.54, 1.807) is 47.6 Å². The molecular weight excluding hydrogens is 751 g/mol. The molecule has 1 saturated heterocycles. The minimum Gasteiger partial charge on any atom is -0.477 e. The second-order valence-corrected chi connectivity index (χ2v) is 14.3. The van der Waals surface area contributed by atoms with Crippen molar-refractivity contribution in [1.29, 1.82) is 5.41 Å². The Balaban J connectivity index is 1.07. The van der Waals surface area contributed by atoms with Gasteiger partial charge in [-0.15, -0.1) is 0 Å². The largest absolute Gasteiger partial charge is 0.477 e. The summed E-state index contributed by atoms with van der Waals surface area (Å²) in [7, 11) is 0. The van der Waals surface area contributed by atoms with Gasteiger partial charge in [0, 0.05) is 50.0 Å². The molecule has 17 heteroatoms. The van der Waals surface area contributed by atoms with E-state index in [1.165, 1.54) is 17.2 Å². The number of rotatable bonds is 14. The third-order valence-corrected chi connectivity index (χ3v) is 9.92. The lowest BCUT2D eigenvalue weighted by Crippen LogP contribution is -2.56. The number of benzene rings is 3. The Morgan fingerprint density at radius 3 is 2.17 bits per heavy atom. The highest BCUT2D eigenvalue weighted by molar-refractivity contribution is 5.95. The van der Waals surface area contributed by atoms with E-state index in [9.17, 15) is 29.1 Å². The number of carbonyl (C=O) groups is 4. The van der Waals surface area contributed by atoms with Crippen molar-refractivity contribution in [2.24, 2.45) is 17.6 Å². The lowest BCUT2D eigenvalue weighted by atomic mass is 10.0. The average Bonchev–Trinajstić information content (AvgIpc) is 3.21. The minimum atomic E-state index is -1.38. The lowest BCUT2D eigenvalue weighted by molar-refractivity contribution is -0.120. The van der Waals surface area contributed by atoms with Gasteiger partial charge in [0.2, 0.25) is 11.3 Å². The number of nitrogens with one attached hydrogen (secondary N) is 4. The highest BCUT2D eigenvalue weighted by atomic mass is 19.1. The smallest absolute Gasteiger partial charge is 0.410 e. The summed E-state index contributed by atoms with van der Waals surface area (Å²) < 4.78 is 27.7. The van der Waals surface area contributed by atoms with Crippen molar-refractivity contribution in [3.05, 3.63) is 106 Å². The number of anilines is 2. The third-order valence-electron chi connectivity index (χ3n) is 9.92. The predicted octanol–water partition coefficient (Wildman–Crippen LogP) is 4.69. The van der Waals surface area contributed by atoms with Crippen LogP contribution in [0.1, 0.15) is 49.2 Å². The lowest BCUT2D eigenvalue weighted by Gasteiger charge is -2.35. The molecule has 7 N–H and O–H groups in total. The average molecular weight is 801 g/mol. The van der Waals surface area contributed by atoms with Crippen LogP contribution in [0.2, 0.25) is 0 Å². The van der Waals surface area contributed by atoms with Crippen molar-refractivity contribution in [3.63, 3.8) is 0 Å². The number of carbonyl (C=O) groups excluding carboxylic acids is 3. The van der Waals surface area contributed by atoms with Gasteiger partial charge >= 0.3 is 18.2 Å². The molecule has 16 nitrogen and oxygen atoms in total. The summed E-state index contributed by atoms with van der Waals surface area (Å²) in [4.78, 5) is 66.0. The molecule has 0 spiro atoms. The number of pyridine rings is 1. The molecule has 1 fully saturated rings. The maximum absolute atomic E-state index is 15.3. The number of fused-ring (bicyclic) bond motifs is 1. The number of amidine groups is 1. The van der Waals surface area contributed by atoms with Gasteiger partial charge in [0.1, 0.15) is 30.4 Å². The van der Waals surface area contributed by atoms with Gasteiger partial charge in [-0.25, -0.2) is 18.8 Å². The van der Waals surface area contributed by atoms with Crippen molar-refractivity contribution >= 4 is 52.2 Å². The van der Waals surface area contributed by atoms with Crippen LogP contribution in [0.25, 0.3) is 10.9 Å². The van der Waals surface area contributed by atoms with E-state index >= 15 is 4.39 Å². The molecule has 0 saturated carbocycles. The molecule has 4 aromatic rings. The van der Waals surface area contributed by atoms with Gasteiger partial charge in [-0.2, -0.15) is 0 Å². The first kappa shape index (κ1) is 42.6.